The monoisotopic (exact) mass is 433 g/mol. The van der Waals surface area contributed by atoms with Crippen LogP contribution in [0.1, 0.15) is 57.2 Å². The molecule has 3 rings (SSSR count). The number of methoxy groups -OCH3 is 2. The molecule has 0 aliphatic rings. The molecule has 0 saturated heterocycles. The summed E-state index contributed by atoms with van der Waals surface area (Å²) in [6.07, 6.45) is 0. The lowest BCUT2D eigenvalue weighted by molar-refractivity contribution is 0.102. The van der Waals surface area contributed by atoms with Crippen molar-refractivity contribution in [3.8, 4) is 17.2 Å². The lowest BCUT2D eigenvalue weighted by Crippen LogP contribution is -2.13. The van der Waals surface area contributed by atoms with Crippen molar-refractivity contribution in [2.75, 3.05) is 19.5 Å². The zero-order valence-electron chi connectivity index (χ0n) is 18.9. The predicted octanol–water partition coefficient (Wildman–Crippen LogP) is 5.32. The van der Waals surface area contributed by atoms with Gasteiger partial charge in [-0.05, 0) is 60.4 Å². The van der Waals surface area contributed by atoms with Gasteiger partial charge in [-0.1, -0.05) is 26.0 Å². The number of aromatic hydroxyl groups is 1. The Balaban J connectivity index is 1.81. The van der Waals surface area contributed by atoms with Gasteiger partial charge in [0.25, 0.3) is 5.91 Å². The van der Waals surface area contributed by atoms with Crippen LogP contribution >= 0.6 is 0 Å². The normalized spacial score (nSPS) is 10.7. The molecule has 3 aromatic carbocycles. The molecule has 166 valence electrons. The van der Waals surface area contributed by atoms with Gasteiger partial charge in [-0.3, -0.25) is 9.59 Å². The van der Waals surface area contributed by atoms with Crippen molar-refractivity contribution >= 4 is 17.4 Å². The van der Waals surface area contributed by atoms with Crippen LogP contribution in [0.2, 0.25) is 0 Å². The van der Waals surface area contributed by atoms with Gasteiger partial charge in [0.05, 0.1) is 14.2 Å². The number of amides is 1. The minimum absolute atomic E-state index is 0.117. The maximum Gasteiger partial charge on any atom is 0.255 e. The van der Waals surface area contributed by atoms with Crippen molar-refractivity contribution in [1.29, 1.82) is 0 Å². The molecule has 0 aromatic heterocycles. The van der Waals surface area contributed by atoms with Crippen molar-refractivity contribution < 1.29 is 24.2 Å². The number of rotatable bonds is 7. The highest BCUT2D eigenvalue weighted by atomic mass is 16.5. The number of hydrogen-bond acceptors (Lipinski definition) is 5. The van der Waals surface area contributed by atoms with Gasteiger partial charge in [-0.25, -0.2) is 0 Å². The minimum atomic E-state index is -0.296. The molecule has 0 fully saturated rings. The standard InChI is InChI=1S/C26H27NO5/c1-15(2)22-14-23(16(3)10-24(22)28)27-26(30)18-8-6-17(7-9-18)25(29)19-11-20(31-4)13-21(12-19)32-5/h6-15,28H,1-5H3,(H,27,30). The summed E-state index contributed by atoms with van der Waals surface area (Å²) in [7, 11) is 3.05. The first kappa shape index (κ1) is 22.9. The summed E-state index contributed by atoms with van der Waals surface area (Å²) < 4.78 is 10.5. The van der Waals surface area contributed by atoms with Gasteiger partial charge >= 0.3 is 0 Å². The smallest absolute Gasteiger partial charge is 0.255 e. The minimum Gasteiger partial charge on any atom is -0.508 e. The van der Waals surface area contributed by atoms with Gasteiger partial charge < -0.3 is 19.9 Å². The fourth-order valence-electron chi connectivity index (χ4n) is 3.38. The molecule has 3 aromatic rings. The van der Waals surface area contributed by atoms with Crippen LogP contribution in [0.25, 0.3) is 0 Å². The summed E-state index contributed by atoms with van der Waals surface area (Å²) in [4.78, 5) is 25.7. The molecule has 32 heavy (non-hydrogen) atoms. The first-order chi connectivity index (χ1) is 15.2. The van der Waals surface area contributed by atoms with E-state index in [0.717, 1.165) is 11.1 Å². The molecule has 0 unspecified atom stereocenters. The van der Waals surface area contributed by atoms with E-state index in [2.05, 4.69) is 5.32 Å². The second-order valence-electron chi connectivity index (χ2n) is 7.84. The molecule has 2 N–H and O–H groups in total. The number of phenolic OH excluding ortho intramolecular Hbond substituents is 1. The molecule has 1 amide bonds. The molecule has 0 spiro atoms. The van der Waals surface area contributed by atoms with Gasteiger partial charge in [0.2, 0.25) is 0 Å². The molecule has 0 saturated carbocycles. The predicted molar refractivity (Wildman–Crippen MR) is 124 cm³/mol. The van der Waals surface area contributed by atoms with Crippen LogP contribution in [0.15, 0.2) is 54.6 Å². The van der Waals surface area contributed by atoms with E-state index in [9.17, 15) is 14.7 Å². The molecule has 0 radical (unpaired) electrons. The van der Waals surface area contributed by atoms with E-state index < -0.39 is 0 Å². The molecular weight excluding hydrogens is 406 g/mol. The molecule has 0 atom stereocenters. The lowest BCUT2D eigenvalue weighted by atomic mass is 9.99. The maximum atomic E-state index is 12.9. The zero-order chi connectivity index (χ0) is 23.4. The Hall–Kier alpha value is -3.80. The summed E-state index contributed by atoms with van der Waals surface area (Å²) in [6, 6.07) is 14.9. The fourth-order valence-corrected chi connectivity index (χ4v) is 3.38. The van der Waals surface area contributed by atoms with Gasteiger partial charge in [-0.15, -0.1) is 0 Å². The van der Waals surface area contributed by atoms with Crippen LogP contribution in [-0.2, 0) is 0 Å². The topological polar surface area (TPSA) is 84.9 Å². The molecule has 0 bridgehead atoms. The van der Waals surface area contributed by atoms with E-state index in [1.54, 1.807) is 54.6 Å². The van der Waals surface area contributed by atoms with Gasteiger partial charge in [0.1, 0.15) is 17.2 Å². The number of hydrogen-bond donors (Lipinski definition) is 2. The number of ketones is 1. The first-order valence-electron chi connectivity index (χ1n) is 10.3. The molecule has 0 aliphatic carbocycles. The number of ether oxygens (including phenoxy) is 2. The van der Waals surface area contributed by atoms with Crippen LogP contribution in [0, 0.1) is 6.92 Å². The summed E-state index contributed by atoms with van der Waals surface area (Å²) in [5.41, 5.74) is 3.46. The third-order valence-electron chi connectivity index (χ3n) is 5.27. The highest BCUT2D eigenvalue weighted by molar-refractivity contribution is 6.10. The Morgan fingerprint density at radius 3 is 1.94 bits per heavy atom. The van der Waals surface area contributed by atoms with Gasteiger partial charge in [-0.2, -0.15) is 0 Å². The number of anilines is 1. The van der Waals surface area contributed by atoms with E-state index in [1.807, 2.05) is 20.8 Å². The summed E-state index contributed by atoms with van der Waals surface area (Å²) >= 11 is 0. The third kappa shape index (κ3) is 4.91. The van der Waals surface area contributed by atoms with E-state index >= 15 is 0 Å². The van der Waals surface area contributed by atoms with Crippen molar-refractivity contribution in [1.82, 2.24) is 0 Å². The zero-order valence-corrected chi connectivity index (χ0v) is 18.9. The molecule has 6 heteroatoms. The lowest BCUT2D eigenvalue weighted by Gasteiger charge is -2.14. The quantitative estimate of drug-likeness (QED) is 0.389. The van der Waals surface area contributed by atoms with Crippen LogP contribution in [0.4, 0.5) is 5.69 Å². The Labute approximate surface area is 187 Å². The Morgan fingerprint density at radius 1 is 0.844 bits per heavy atom. The number of benzene rings is 3. The van der Waals surface area contributed by atoms with Crippen molar-refractivity contribution in [2.24, 2.45) is 0 Å². The van der Waals surface area contributed by atoms with Crippen molar-refractivity contribution in [3.05, 3.63) is 82.4 Å². The number of phenols is 1. The highest BCUT2D eigenvalue weighted by Crippen LogP contribution is 2.31. The molecular formula is C26H27NO5. The summed E-state index contributed by atoms with van der Waals surface area (Å²) in [5, 5.41) is 13.0. The fraction of sp³-hybridized carbons (Fsp3) is 0.231. The van der Waals surface area contributed by atoms with E-state index in [4.69, 9.17) is 9.47 Å². The van der Waals surface area contributed by atoms with Crippen LogP contribution in [-0.4, -0.2) is 31.0 Å². The van der Waals surface area contributed by atoms with E-state index in [1.165, 1.54) is 14.2 Å². The van der Waals surface area contributed by atoms with Crippen LogP contribution in [0.3, 0.4) is 0 Å². The highest BCUT2D eigenvalue weighted by Gasteiger charge is 2.15. The summed E-state index contributed by atoms with van der Waals surface area (Å²) in [6.45, 7) is 5.77. The number of nitrogens with one attached hydrogen (secondary N) is 1. The Kier molecular flexibility index (Phi) is 6.83. The molecule has 0 heterocycles. The number of carbonyl (C=O) groups excluding carboxylic acids is 2. The number of carbonyl (C=O) groups is 2. The second kappa shape index (κ2) is 9.56. The van der Waals surface area contributed by atoms with Gasteiger partial charge in [0.15, 0.2) is 5.78 Å². The van der Waals surface area contributed by atoms with E-state index in [-0.39, 0.29) is 23.4 Å². The van der Waals surface area contributed by atoms with Crippen LogP contribution < -0.4 is 14.8 Å². The maximum absolute atomic E-state index is 12.9. The largest absolute Gasteiger partial charge is 0.508 e. The molecule has 0 aliphatic heterocycles. The average molecular weight is 434 g/mol. The van der Waals surface area contributed by atoms with E-state index in [0.29, 0.717) is 33.9 Å². The SMILES string of the molecule is COc1cc(OC)cc(C(=O)c2ccc(C(=O)Nc3cc(C(C)C)c(O)cc3C)cc2)c1. The Bertz CT molecular complexity index is 1130. The van der Waals surface area contributed by atoms with Crippen LogP contribution in [0.5, 0.6) is 17.2 Å². The number of aryl methyl sites for hydroxylation is 1. The second-order valence-corrected chi connectivity index (χ2v) is 7.84. The van der Waals surface area contributed by atoms with Crippen molar-refractivity contribution in [2.45, 2.75) is 26.7 Å². The van der Waals surface area contributed by atoms with Crippen molar-refractivity contribution in [3.63, 3.8) is 0 Å². The molecule has 6 nitrogen and oxygen atoms in total. The Morgan fingerprint density at radius 2 is 1.41 bits per heavy atom. The first-order valence-corrected chi connectivity index (χ1v) is 10.3. The summed E-state index contributed by atoms with van der Waals surface area (Å²) in [5.74, 6) is 0.877. The average Bonchev–Trinajstić information content (AvgIpc) is 2.79. The van der Waals surface area contributed by atoms with Gasteiger partial charge in [0, 0.05) is 28.4 Å². The third-order valence-corrected chi connectivity index (χ3v) is 5.27.